The van der Waals surface area contributed by atoms with Crippen molar-refractivity contribution in [1.82, 2.24) is 5.32 Å². The molecule has 0 aromatic heterocycles. The lowest BCUT2D eigenvalue weighted by Gasteiger charge is -2.39. The normalized spacial score (nSPS) is 23.7. The maximum absolute atomic E-state index is 13.8. The molecule has 1 heterocycles. The van der Waals surface area contributed by atoms with Gasteiger partial charge >= 0.3 is 0 Å². The van der Waals surface area contributed by atoms with E-state index in [1.807, 2.05) is 4.90 Å². The number of rotatable bonds is 4. The molecule has 4 heteroatoms. The number of halogens is 2. The Morgan fingerprint density at radius 2 is 2.16 bits per heavy atom. The van der Waals surface area contributed by atoms with Gasteiger partial charge in [-0.3, -0.25) is 0 Å². The fourth-order valence-electron chi connectivity index (χ4n) is 2.78. The summed E-state index contributed by atoms with van der Waals surface area (Å²) in [6, 6.07) is 5.11. The van der Waals surface area contributed by atoms with Gasteiger partial charge in [0.25, 0.3) is 0 Å². The van der Waals surface area contributed by atoms with Gasteiger partial charge in [-0.15, -0.1) is 0 Å². The van der Waals surface area contributed by atoms with Crippen molar-refractivity contribution < 1.29 is 8.78 Å². The molecule has 2 nitrogen and oxygen atoms in total. The third kappa shape index (κ3) is 3.24. The summed E-state index contributed by atoms with van der Waals surface area (Å²) in [5.41, 5.74) is 0.390. The zero-order chi connectivity index (χ0) is 13.8. The molecule has 0 bridgehead atoms. The van der Waals surface area contributed by atoms with E-state index in [-0.39, 0.29) is 6.04 Å². The highest BCUT2D eigenvalue weighted by Gasteiger charge is 2.27. The van der Waals surface area contributed by atoms with Gasteiger partial charge in [-0.2, -0.15) is 0 Å². The van der Waals surface area contributed by atoms with Crippen LogP contribution >= 0.6 is 0 Å². The van der Waals surface area contributed by atoms with E-state index in [1.165, 1.54) is 6.07 Å². The standard InChI is InChI=1S/C15H22F2N2/c1-3-8-18-12-7-9-19(11(2)10-12)14-6-4-5-13(16)15(14)17/h4-6,11-12,18H,3,7-10H2,1-2H3. The lowest BCUT2D eigenvalue weighted by molar-refractivity contribution is 0.365. The smallest absolute Gasteiger partial charge is 0.182 e. The quantitative estimate of drug-likeness (QED) is 0.901. The van der Waals surface area contributed by atoms with E-state index in [9.17, 15) is 8.78 Å². The van der Waals surface area contributed by atoms with Crippen molar-refractivity contribution in [1.29, 1.82) is 0 Å². The van der Waals surface area contributed by atoms with Gasteiger partial charge in [-0.05, 0) is 44.9 Å². The van der Waals surface area contributed by atoms with Crippen molar-refractivity contribution in [2.45, 2.75) is 45.2 Å². The summed E-state index contributed by atoms with van der Waals surface area (Å²) in [5, 5.41) is 3.51. The van der Waals surface area contributed by atoms with Crippen molar-refractivity contribution in [3.05, 3.63) is 29.8 Å². The Morgan fingerprint density at radius 1 is 1.37 bits per heavy atom. The first-order chi connectivity index (χ1) is 9.13. The molecule has 0 radical (unpaired) electrons. The molecule has 1 fully saturated rings. The molecule has 1 saturated heterocycles. The minimum absolute atomic E-state index is 0.222. The first-order valence-corrected chi connectivity index (χ1v) is 7.07. The average Bonchev–Trinajstić information content (AvgIpc) is 2.40. The van der Waals surface area contributed by atoms with Gasteiger partial charge in [0.1, 0.15) is 0 Å². The molecular weight excluding hydrogens is 246 g/mol. The van der Waals surface area contributed by atoms with Gasteiger partial charge in [0.2, 0.25) is 0 Å². The number of nitrogens with one attached hydrogen (secondary N) is 1. The van der Waals surface area contributed by atoms with Gasteiger partial charge in [0.15, 0.2) is 11.6 Å². The number of anilines is 1. The summed E-state index contributed by atoms with van der Waals surface area (Å²) in [6.45, 7) is 6.01. The first kappa shape index (κ1) is 14.3. The van der Waals surface area contributed by atoms with E-state index < -0.39 is 11.6 Å². The van der Waals surface area contributed by atoms with Crippen LogP contribution in [0.5, 0.6) is 0 Å². The van der Waals surface area contributed by atoms with Crippen molar-refractivity contribution >= 4 is 5.69 Å². The molecule has 19 heavy (non-hydrogen) atoms. The highest BCUT2D eigenvalue weighted by Crippen LogP contribution is 2.28. The van der Waals surface area contributed by atoms with Crippen LogP contribution in [-0.4, -0.2) is 25.2 Å². The summed E-state index contributed by atoms with van der Waals surface area (Å²) >= 11 is 0. The highest BCUT2D eigenvalue weighted by atomic mass is 19.2. The number of benzene rings is 1. The van der Waals surface area contributed by atoms with E-state index in [2.05, 4.69) is 19.2 Å². The molecule has 1 aliphatic rings. The van der Waals surface area contributed by atoms with Crippen LogP contribution in [0.4, 0.5) is 14.5 Å². The van der Waals surface area contributed by atoms with Crippen molar-refractivity contribution in [2.24, 2.45) is 0 Å². The second-order valence-corrected chi connectivity index (χ2v) is 5.29. The summed E-state index contributed by atoms with van der Waals surface area (Å²) in [6.07, 6.45) is 3.06. The van der Waals surface area contributed by atoms with Crippen molar-refractivity contribution in [2.75, 3.05) is 18.0 Å². The van der Waals surface area contributed by atoms with Crippen LogP contribution < -0.4 is 10.2 Å². The highest BCUT2D eigenvalue weighted by molar-refractivity contribution is 5.49. The molecule has 106 valence electrons. The lowest BCUT2D eigenvalue weighted by atomic mass is 9.97. The van der Waals surface area contributed by atoms with Gasteiger partial charge in [0, 0.05) is 18.6 Å². The van der Waals surface area contributed by atoms with Crippen LogP contribution in [0.15, 0.2) is 18.2 Å². The van der Waals surface area contributed by atoms with Crippen LogP contribution in [-0.2, 0) is 0 Å². The van der Waals surface area contributed by atoms with E-state index in [0.717, 1.165) is 32.4 Å². The van der Waals surface area contributed by atoms with E-state index in [1.54, 1.807) is 12.1 Å². The molecule has 2 unspecified atom stereocenters. The molecule has 0 spiro atoms. The lowest BCUT2D eigenvalue weighted by Crippen LogP contribution is -2.48. The molecule has 1 aromatic rings. The van der Waals surface area contributed by atoms with Crippen LogP contribution in [0.1, 0.15) is 33.1 Å². The Labute approximate surface area is 113 Å². The van der Waals surface area contributed by atoms with Gasteiger partial charge in [-0.1, -0.05) is 13.0 Å². The molecule has 2 atom stereocenters. The van der Waals surface area contributed by atoms with E-state index in [4.69, 9.17) is 0 Å². The first-order valence-electron chi connectivity index (χ1n) is 7.07. The van der Waals surface area contributed by atoms with Gasteiger partial charge in [0.05, 0.1) is 5.69 Å². The van der Waals surface area contributed by atoms with Crippen LogP contribution in [0, 0.1) is 11.6 Å². The molecule has 0 aliphatic carbocycles. The van der Waals surface area contributed by atoms with Crippen LogP contribution in [0.2, 0.25) is 0 Å². The predicted molar refractivity (Wildman–Crippen MR) is 74.5 cm³/mol. The largest absolute Gasteiger partial charge is 0.366 e. The summed E-state index contributed by atoms with van der Waals surface area (Å²) in [4.78, 5) is 1.97. The van der Waals surface area contributed by atoms with Crippen molar-refractivity contribution in [3.8, 4) is 0 Å². The molecular formula is C15H22F2N2. The maximum atomic E-state index is 13.8. The minimum Gasteiger partial charge on any atom is -0.366 e. The third-order valence-electron chi connectivity index (χ3n) is 3.80. The Hall–Kier alpha value is -1.16. The van der Waals surface area contributed by atoms with E-state index >= 15 is 0 Å². The van der Waals surface area contributed by atoms with E-state index in [0.29, 0.717) is 11.7 Å². The zero-order valence-corrected chi connectivity index (χ0v) is 11.6. The predicted octanol–water partition coefficient (Wildman–Crippen LogP) is 3.32. The molecule has 1 N–H and O–H groups in total. The number of hydrogen-bond donors (Lipinski definition) is 1. The Bertz CT molecular complexity index is 423. The average molecular weight is 268 g/mol. The fourth-order valence-corrected chi connectivity index (χ4v) is 2.78. The van der Waals surface area contributed by atoms with Crippen molar-refractivity contribution in [3.63, 3.8) is 0 Å². The summed E-state index contributed by atoms with van der Waals surface area (Å²) in [7, 11) is 0. The Balaban J connectivity index is 2.05. The number of hydrogen-bond acceptors (Lipinski definition) is 2. The van der Waals surface area contributed by atoms with Crippen LogP contribution in [0.3, 0.4) is 0 Å². The molecule has 0 saturated carbocycles. The topological polar surface area (TPSA) is 15.3 Å². The minimum atomic E-state index is -0.768. The number of piperidine rings is 1. The second-order valence-electron chi connectivity index (χ2n) is 5.29. The molecule has 1 aliphatic heterocycles. The monoisotopic (exact) mass is 268 g/mol. The molecule has 0 amide bonds. The summed E-state index contributed by atoms with van der Waals surface area (Å²) in [5.74, 6) is -1.50. The molecule has 1 aromatic carbocycles. The molecule has 2 rings (SSSR count). The maximum Gasteiger partial charge on any atom is 0.182 e. The SMILES string of the molecule is CCCNC1CCN(c2cccc(F)c2F)C(C)C1. The summed E-state index contributed by atoms with van der Waals surface area (Å²) < 4.78 is 27.1. The van der Waals surface area contributed by atoms with Gasteiger partial charge < -0.3 is 10.2 Å². The van der Waals surface area contributed by atoms with Gasteiger partial charge in [-0.25, -0.2) is 8.78 Å². The third-order valence-corrected chi connectivity index (χ3v) is 3.80. The zero-order valence-electron chi connectivity index (χ0n) is 11.6. The number of nitrogens with zero attached hydrogens (tertiary/aromatic N) is 1. The second kappa shape index (κ2) is 6.33. The Kier molecular flexibility index (Phi) is 4.75. The Morgan fingerprint density at radius 3 is 2.84 bits per heavy atom. The van der Waals surface area contributed by atoms with Crippen LogP contribution in [0.25, 0.3) is 0 Å². The fraction of sp³-hybridized carbons (Fsp3) is 0.600.